The molecule has 0 saturated heterocycles. The quantitative estimate of drug-likeness (QED) is 0.801. The Morgan fingerprint density at radius 1 is 1.24 bits per heavy atom. The second-order valence-corrected chi connectivity index (χ2v) is 6.50. The van der Waals surface area contributed by atoms with Crippen molar-refractivity contribution in [1.29, 1.82) is 0 Å². The molecule has 1 N–H and O–H groups in total. The third-order valence-corrected chi connectivity index (χ3v) is 5.12. The summed E-state index contributed by atoms with van der Waals surface area (Å²) in [7, 11) is 0. The monoisotopic (exact) mass is 335 g/mol. The Kier molecular flexibility index (Phi) is 4.01. The maximum Gasteiger partial charge on any atom is 0.246 e. The molecule has 0 unspecified atom stereocenters. The molecule has 2 aromatic carbocycles. The fraction of sp³-hybridized carbons (Fsp3) is 0.300. The summed E-state index contributed by atoms with van der Waals surface area (Å²) < 4.78 is 1.91. The van der Waals surface area contributed by atoms with Gasteiger partial charge in [-0.05, 0) is 36.6 Å². The highest BCUT2D eigenvalue weighted by molar-refractivity contribution is 5.84. The molecule has 0 radical (unpaired) electrons. The molecular weight excluding hydrogens is 314 g/mol. The molecule has 0 bridgehead atoms. The van der Waals surface area contributed by atoms with Crippen LogP contribution in [-0.4, -0.2) is 38.6 Å². The summed E-state index contributed by atoms with van der Waals surface area (Å²) in [6.45, 7) is 2.45. The minimum Gasteiger partial charge on any atom is -0.394 e. The van der Waals surface area contributed by atoms with E-state index >= 15 is 0 Å². The van der Waals surface area contributed by atoms with E-state index in [1.807, 2.05) is 58.9 Å². The molecule has 1 aromatic heterocycles. The van der Waals surface area contributed by atoms with Crippen molar-refractivity contribution in [2.45, 2.75) is 25.4 Å². The van der Waals surface area contributed by atoms with Crippen molar-refractivity contribution < 1.29 is 9.90 Å². The van der Waals surface area contributed by atoms with Gasteiger partial charge in [-0.15, -0.1) is 0 Å². The number of aliphatic hydroxyl groups is 1. The number of para-hydroxylation sites is 2. The average molecular weight is 335 g/mol. The first kappa shape index (κ1) is 15.8. The van der Waals surface area contributed by atoms with E-state index in [4.69, 9.17) is 0 Å². The Morgan fingerprint density at radius 2 is 2.00 bits per heavy atom. The predicted molar refractivity (Wildman–Crippen MR) is 96.1 cm³/mol. The summed E-state index contributed by atoms with van der Waals surface area (Å²) in [4.78, 5) is 19.4. The summed E-state index contributed by atoms with van der Waals surface area (Å²) in [5.41, 5.74) is 4.09. The second-order valence-electron chi connectivity index (χ2n) is 6.50. The summed E-state index contributed by atoms with van der Waals surface area (Å²) in [5, 5.41) is 9.93. The number of aliphatic hydroxyl groups excluding tert-OH is 1. The van der Waals surface area contributed by atoms with Crippen molar-refractivity contribution in [3.63, 3.8) is 0 Å². The Labute approximate surface area is 146 Å². The highest BCUT2D eigenvalue weighted by atomic mass is 16.3. The summed E-state index contributed by atoms with van der Waals surface area (Å²) in [5.74, 6) is 0.0108. The largest absolute Gasteiger partial charge is 0.394 e. The topological polar surface area (TPSA) is 58.4 Å². The van der Waals surface area contributed by atoms with Crippen LogP contribution in [0.3, 0.4) is 0 Å². The van der Waals surface area contributed by atoms with Gasteiger partial charge in [-0.25, -0.2) is 4.98 Å². The number of imidazole rings is 1. The van der Waals surface area contributed by atoms with Gasteiger partial charge in [-0.3, -0.25) is 4.79 Å². The molecule has 1 aliphatic rings. The van der Waals surface area contributed by atoms with Gasteiger partial charge in [0.2, 0.25) is 5.91 Å². The number of rotatable bonds is 3. The number of fused-ring (bicyclic) bond motifs is 2. The molecule has 2 heterocycles. The fourth-order valence-corrected chi connectivity index (χ4v) is 3.76. The highest BCUT2D eigenvalue weighted by Gasteiger charge is 2.33. The maximum atomic E-state index is 13.2. The van der Waals surface area contributed by atoms with E-state index in [0.29, 0.717) is 6.54 Å². The van der Waals surface area contributed by atoms with Crippen LogP contribution in [-0.2, 0) is 11.2 Å². The lowest BCUT2D eigenvalue weighted by molar-refractivity contribution is -0.138. The second kappa shape index (κ2) is 6.33. The minimum absolute atomic E-state index is 0.0108. The summed E-state index contributed by atoms with van der Waals surface area (Å²) in [6, 6.07) is 15.2. The van der Waals surface area contributed by atoms with Gasteiger partial charge in [0.25, 0.3) is 0 Å². The number of hydrogen-bond donors (Lipinski definition) is 1. The Hall–Kier alpha value is -2.66. The number of hydrogen-bond acceptors (Lipinski definition) is 3. The van der Waals surface area contributed by atoms with E-state index in [9.17, 15) is 9.90 Å². The van der Waals surface area contributed by atoms with Crippen LogP contribution in [0.1, 0.15) is 30.1 Å². The van der Waals surface area contributed by atoms with Crippen LogP contribution in [0, 0.1) is 0 Å². The summed E-state index contributed by atoms with van der Waals surface area (Å²) >= 11 is 0. The fourth-order valence-electron chi connectivity index (χ4n) is 3.76. The number of aromatic nitrogens is 2. The van der Waals surface area contributed by atoms with E-state index in [1.54, 1.807) is 6.33 Å². The van der Waals surface area contributed by atoms with Gasteiger partial charge in [0.1, 0.15) is 6.04 Å². The predicted octanol–water partition coefficient (Wildman–Crippen LogP) is 2.72. The van der Waals surface area contributed by atoms with Crippen molar-refractivity contribution in [2.24, 2.45) is 0 Å². The first-order valence-corrected chi connectivity index (χ1v) is 8.61. The minimum atomic E-state index is -0.369. The van der Waals surface area contributed by atoms with Gasteiger partial charge in [0, 0.05) is 6.54 Å². The molecule has 4 rings (SSSR count). The van der Waals surface area contributed by atoms with Crippen LogP contribution in [0.25, 0.3) is 11.0 Å². The zero-order valence-corrected chi connectivity index (χ0v) is 14.2. The van der Waals surface area contributed by atoms with Crippen molar-refractivity contribution in [2.75, 3.05) is 13.2 Å². The Morgan fingerprint density at radius 3 is 2.84 bits per heavy atom. The van der Waals surface area contributed by atoms with Crippen LogP contribution in [0.4, 0.5) is 0 Å². The van der Waals surface area contributed by atoms with Crippen molar-refractivity contribution in [1.82, 2.24) is 14.5 Å². The smallest absolute Gasteiger partial charge is 0.246 e. The average Bonchev–Trinajstić information content (AvgIpc) is 3.10. The van der Waals surface area contributed by atoms with Crippen LogP contribution in [0.15, 0.2) is 54.9 Å². The first-order valence-electron chi connectivity index (χ1n) is 8.61. The van der Waals surface area contributed by atoms with Gasteiger partial charge < -0.3 is 14.6 Å². The standard InChI is InChI=1S/C20H21N3O2/c1-14(23-13-21-17-8-4-5-9-18(17)23)20(25)22-11-10-15-6-2-3-7-16(15)19(22)12-24/h2-9,13-14,19,24H,10-12H2,1H3/t14-,19+/m1/s1. The van der Waals surface area contributed by atoms with E-state index < -0.39 is 0 Å². The molecule has 0 aliphatic carbocycles. The molecule has 3 aromatic rings. The third-order valence-electron chi connectivity index (χ3n) is 5.12. The highest BCUT2D eigenvalue weighted by Crippen LogP contribution is 2.31. The zero-order chi connectivity index (χ0) is 17.4. The molecule has 25 heavy (non-hydrogen) atoms. The normalized spacial score (nSPS) is 18.2. The van der Waals surface area contributed by atoms with E-state index in [-0.39, 0.29) is 24.6 Å². The van der Waals surface area contributed by atoms with Crippen molar-refractivity contribution >= 4 is 16.9 Å². The molecule has 128 valence electrons. The Balaban J connectivity index is 1.66. The number of nitrogens with zero attached hydrogens (tertiary/aromatic N) is 3. The van der Waals surface area contributed by atoms with E-state index in [2.05, 4.69) is 11.1 Å². The number of carbonyl (C=O) groups is 1. The lowest BCUT2D eigenvalue weighted by Crippen LogP contribution is -2.44. The van der Waals surface area contributed by atoms with Gasteiger partial charge >= 0.3 is 0 Å². The van der Waals surface area contributed by atoms with Crippen molar-refractivity contribution in [3.8, 4) is 0 Å². The maximum absolute atomic E-state index is 13.2. The van der Waals surface area contributed by atoms with Crippen LogP contribution in [0.5, 0.6) is 0 Å². The molecule has 0 fully saturated rings. The zero-order valence-electron chi connectivity index (χ0n) is 14.2. The van der Waals surface area contributed by atoms with E-state index in [0.717, 1.165) is 23.0 Å². The molecule has 5 nitrogen and oxygen atoms in total. The van der Waals surface area contributed by atoms with Crippen LogP contribution >= 0.6 is 0 Å². The lowest BCUT2D eigenvalue weighted by Gasteiger charge is -2.38. The molecule has 5 heteroatoms. The number of amides is 1. The van der Waals surface area contributed by atoms with Gasteiger partial charge in [0.15, 0.2) is 0 Å². The molecule has 2 atom stereocenters. The SMILES string of the molecule is C[C@H](C(=O)N1CCc2ccccc2[C@@H]1CO)n1cnc2ccccc21. The van der Waals surface area contributed by atoms with Gasteiger partial charge in [0.05, 0.1) is 30.0 Å². The van der Waals surface area contributed by atoms with Crippen LogP contribution < -0.4 is 0 Å². The third kappa shape index (κ3) is 2.61. The van der Waals surface area contributed by atoms with E-state index in [1.165, 1.54) is 5.56 Å². The lowest BCUT2D eigenvalue weighted by atomic mass is 9.92. The molecule has 1 amide bonds. The van der Waals surface area contributed by atoms with Gasteiger partial charge in [-0.1, -0.05) is 36.4 Å². The number of carbonyl (C=O) groups excluding carboxylic acids is 1. The number of benzene rings is 2. The molecule has 0 saturated carbocycles. The van der Waals surface area contributed by atoms with Crippen molar-refractivity contribution in [3.05, 3.63) is 66.0 Å². The van der Waals surface area contributed by atoms with Gasteiger partial charge in [-0.2, -0.15) is 0 Å². The first-order chi connectivity index (χ1) is 12.2. The molecular formula is C20H21N3O2. The molecule has 0 spiro atoms. The van der Waals surface area contributed by atoms with Crippen LogP contribution in [0.2, 0.25) is 0 Å². The Bertz CT molecular complexity index is 918. The molecule has 1 aliphatic heterocycles. The summed E-state index contributed by atoms with van der Waals surface area (Å²) in [6.07, 6.45) is 2.54.